The van der Waals surface area contributed by atoms with Gasteiger partial charge in [0.1, 0.15) is 21.5 Å². The number of hydrogen-bond donors (Lipinski definition) is 2. The molecule has 1 amide bonds. The van der Waals surface area contributed by atoms with E-state index in [9.17, 15) is 36.3 Å². The molecule has 3 atom stereocenters. The van der Waals surface area contributed by atoms with Crippen LogP contribution in [0, 0.1) is 5.92 Å². The molecule has 0 radical (unpaired) electrons. The number of benzene rings is 1. The number of amides is 1. The molecule has 2 fully saturated rings. The lowest BCUT2D eigenvalue weighted by molar-refractivity contribution is -0.155. The summed E-state index contributed by atoms with van der Waals surface area (Å²) in [6.07, 6.45) is -6.61. The van der Waals surface area contributed by atoms with Crippen molar-refractivity contribution in [3.63, 3.8) is 0 Å². The van der Waals surface area contributed by atoms with Crippen molar-refractivity contribution in [1.82, 2.24) is 19.7 Å². The molecule has 2 aliphatic rings. The highest BCUT2D eigenvalue weighted by Crippen LogP contribution is 2.54. The van der Waals surface area contributed by atoms with Crippen molar-refractivity contribution in [3.05, 3.63) is 59.9 Å². The molecule has 1 saturated heterocycles. The Kier molecular flexibility index (Phi) is 7.61. The van der Waals surface area contributed by atoms with Gasteiger partial charge < -0.3 is 24.2 Å². The molecule has 1 aromatic carbocycles. The van der Waals surface area contributed by atoms with Gasteiger partial charge in [-0.1, -0.05) is 35.5 Å². The van der Waals surface area contributed by atoms with E-state index < -0.39 is 51.6 Å². The summed E-state index contributed by atoms with van der Waals surface area (Å²) in [6, 6.07) is 11.5. The first-order valence-corrected chi connectivity index (χ1v) is 14.7. The number of aromatic nitrogens is 1. The van der Waals surface area contributed by atoms with Gasteiger partial charge in [-0.2, -0.15) is 17.9 Å². The van der Waals surface area contributed by atoms with Gasteiger partial charge in [0.2, 0.25) is 5.76 Å². The Balaban J connectivity index is 1.38. The van der Waals surface area contributed by atoms with Crippen LogP contribution in [0.25, 0.3) is 10.6 Å². The smallest absolute Gasteiger partial charge is 0.452 e. The van der Waals surface area contributed by atoms with Crippen LogP contribution in [0.15, 0.2) is 57.3 Å². The predicted molar refractivity (Wildman–Crippen MR) is 138 cm³/mol. The molecule has 220 valence electrons. The van der Waals surface area contributed by atoms with E-state index in [2.05, 4.69) is 19.3 Å². The highest BCUT2D eigenvalue weighted by atomic mass is 32.2. The van der Waals surface area contributed by atoms with E-state index >= 15 is 0 Å². The Morgan fingerprint density at radius 3 is 2.46 bits per heavy atom. The minimum atomic E-state index is -4.77. The number of aliphatic carboxylic acids is 1. The van der Waals surface area contributed by atoms with Gasteiger partial charge in [0, 0.05) is 38.2 Å². The highest BCUT2D eigenvalue weighted by molar-refractivity contribution is 7.91. The molecule has 3 aromatic rings. The highest BCUT2D eigenvalue weighted by Gasteiger charge is 2.67. The number of piperazine rings is 1. The normalized spacial score (nSPS) is 22.3. The van der Waals surface area contributed by atoms with Crippen LogP contribution in [0.1, 0.15) is 23.8 Å². The maximum Gasteiger partial charge on any atom is 0.452 e. The summed E-state index contributed by atoms with van der Waals surface area (Å²) in [5.41, 5.74) is -1.70. The quantitative estimate of drug-likeness (QED) is 0.389. The molecule has 3 unspecified atom stereocenters. The summed E-state index contributed by atoms with van der Waals surface area (Å²) in [5.74, 6) is -3.73. The molecule has 5 rings (SSSR count). The van der Waals surface area contributed by atoms with E-state index in [1.165, 1.54) is 11.0 Å². The molecule has 2 N–H and O–H groups in total. The van der Waals surface area contributed by atoms with Crippen molar-refractivity contribution < 1.29 is 45.5 Å². The van der Waals surface area contributed by atoms with E-state index in [1.54, 1.807) is 30.3 Å². The molecule has 2 aromatic heterocycles. The van der Waals surface area contributed by atoms with E-state index in [0.29, 0.717) is 49.1 Å². The number of rotatable bonds is 8. The number of nitrogens with zero attached hydrogens (tertiary/aromatic N) is 3. The van der Waals surface area contributed by atoms with Crippen molar-refractivity contribution in [2.45, 2.75) is 28.4 Å². The fourth-order valence-corrected chi connectivity index (χ4v) is 7.35. The summed E-state index contributed by atoms with van der Waals surface area (Å²) in [7, 11) is -2.54. The third-order valence-corrected chi connectivity index (χ3v) is 10.2. The largest absolute Gasteiger partial charge is 0.480 e. The molecule has 1 aliphatic heterocycles. The average Bonchev–Trinajstić information content (AvgIpc) is 3.28. The number of ether oxygens (including phenoxy) is 1. The molecular formula is C25H25F3N4O7S2. The van der Waals surface area contributed by atoms with Crippen LogP contribution >= 0.6 is 11.3 Å². The van der Waals surface area contributed by atoms with Crippen LogP contribution in [0.5, 0.6) is 0 Å². The molecule has 3 heterocycles. The summed E-state index contributed by atoms with van der Waals surface area (Å²) >= 11 is 0.603. The van der Waals surface area contributed by atoms with Crippen LogP contribution in [0.2, 0.25) is 0 Å². The van der Waals surface area contributed by atoms with Gasteiger partial charge in [-0.05, 0) is 31.2 Å². The number of hydrogen-bond acceptors (Lipinski definition) is 9. The molecule has 0 spiro atoms. The topological polar surface area (TPSA) is 142 Å². The van der Waals surface area contributed by atoms with Gasteiger partial charge in [-0.3, -0.25) is 4.79 Å². The number of alkyl halides is 3. The Bertz CT molecular complexity index is 1540. The molecule has 16 heteroatoms. The summed E-state index contributed by atoms with van der Waals surface area (Å²) < 4.78 is 77.3. The molecule has 0 bridgehead atoms. The van der Waals surface area contributed by atoms with Crippen LogP contribution < -0.4 is 4.72 Å². The fourth-order valence-electron chi connectivity index (χ4n) is 4.67. The van der Waals surface area contributed by atoms with Gasteiger partial charge in [-0.15, -0.1) is 11.3 Å². The lowest BCUT2D eigenvalue weighted by Gasteiger charge is -2.33. The second-order valence-electron chi connectivity index (χ2n) is 9.89. The van der Waals surface area contributed by atoms with E-state index in [1.807, 2.05) is 7.05 Å². The fraction of sp³-hybridized carbons (Fsp3) is 0.400. The van der Waals surface area contributed by atoms with Crippen molar-refractivity contribution >= 4 is 33.4 Å². The van der Waals surface area contributed by atoms with Crippen molar-refractivity contribution in [1.29, 1.82) is 0 Å². The van der Waals surface area contributed by atoms with Gasteiger partial charge in [0.25, 0.3) is 10.0 Å². The number of sulfonamides is 1. The monoisotopic (exact) mass is 614 g/mol. The zero-order valence-corrected chi connectivity index (χ0v) is 23.1. The standard InChI is InChI=1S/C25H25F3N4O7S2/c1-31-9-11-32(12-10-31)23(35)38-21(15-5-3-2-4-6-15)16-14-24(16,22(33)34)30-41(36,37)20-8-7-18(40-20)17-13-19(39-29-17)25(26,27)28/h2-8,13,16,21,30H,9-12,14H2,1H3,(H,33,34). The minimum Gasteiger partial charge on any atom is -0.480 e. The third-order valence-electron chi connectivity index (χ3n) is 7.08. The van der Waals surface area contributed by atoms with Crippen molar-refractivity contribution in [2.75, 3.05) is 33.2 Å². The maximum absolute atomic E-state index is 13.3. The van der Waals surface area contributed by atoms with Gasteiger partial charge >= 0.3 is 18.2 Å². The van der Waals surface area contributed by atoms with Gasteiger partial charge in [0.15, 0.2) is 0 Å². The lowest BCUT2D eigenvalue weighted by atomic mass is 10.0. The van der Waals surface area contributed by atoms with E-state index in [4.69, 9.17) is 4.74 Å². The zero-order chi connectivity index (χ0) is 29.6. The number of halogens is 3. The van der Waals surface area contributed by atoms with Crippen molar-refractivity contribution in [3.8, 4) is 10.6 Å². The Labute approximate surface area is 236 Å². The number of nitrogens with one attached hydrogen (secondary N) is 1. The zero-order valence-electron chi connectivity index (χ0n) is 21.5. The van der Waals surface area contributed by atoms with Crippen LogP contribution in [0.4, 0.5) is 18.0 Å². The average molecular weight is 615 g/mol. The second kappa shape index (κ2) is 10.7. The predicted octanol–water partition coefficient (Wildman–Crippen LogP) is 3.67. The van der Waals surface area contributed by atoms with Gasteiger partial charge in [-0.25, -0.2) is 13.2 Å². The first-order valence-electron chi connectivity index (χ1n) is 12.4. The first kappa shape index (κ1) is 29.0. The number of thiophene rings is 1. The second-order valence-corrected chi connectivity index (χ2v) is 12.9. The minimum absolute atomic E-state index is 0.0737. The van der Waals surface area contributed by atoms with E-state index in [0.717, 1.165) is 6.07 Å². The van der Waals surface area contributed by atoms with Crippen LogP contribution in [-0.4, -0.2) is 79.3 Å². The number of likely N-dealkylation sites (N-methyl/N-ethyl adjacent to an activating group) is 1. The summed E-state index contributed by atoms with van der Waals surface area (Å²) in [6.45, 7) is 2.13. The first-order chi connectivity index (χ1) is 19.3. The number of carboxylic acid groups (broad SMARTS) is 1. The molecule has 11 nitrogen and oxygen atoms in total. The SMILES string of the molecule is CN1CCN(C(=O)OC(c2ccccc2)C2CC2(NS(=O)(=O)c2ccc(-c3cc(C(F)(F)F)on3)s2)C(=O)O)CC1. The molecule has 1 aliphatic carbocycles. The maximum atomic E-state index is 13.3. The van der Waals surface area contributed by atoms with Crippen LogP contribution in [-0.2, 0) is 25.7 Å². The Morgan fingerprint density at radius 2 is 1.85 bits per heavy atom. The molecule has 41 heavy (non-hydrogen) atoms. The molecule has 1 saturated carbocycles. The lowest BCUT2D eigenvalue weighted by Crippen LogP contribution is -2.48. The van der Waals surface area contributed by atoms with E-state index in [-0.39, 0.29) is 21.2 Å². The Hall–Kier alpha value is -3.47. The summed E-state index contributed by atoms with van der Waals surface area (Å²) in [4.78, 5) is 29.1. The number of carbonyl (C=O) groups is 2. The summed E-state index contributed by atoms with van der Waals surface area (Å²) in [5, 5.41) is 13.5. The molecular weight excluding hydrogens is 589 g/mol. The Morgan fingerprint density at radius 1 is 1.17 bits per heavy atom. The van der Waals surface area contributed by atoms with Gasteiger partial charge in [0.05, 0.1) is 4.88 Å². The van der Waals surface area contributed by atoms with Crippen molar-refractivity contribution in [2.24, 2.45) is 5.92 Å². The number of carboxylic acids is 1. The van der Waals surface area contributed by atoms with Crippen LogP contribution in [0.3, 0.4) is 0 Å². The third kappa shape index (κ3) is 5.95. The number of carbonyl (C=O) groups excluding carboxylic acids is 1.